The van der Waals surface area contributed by atoms with Crippen molar-refractivity contribution in [3.8, 4) is 6.57 Å². The highest BCUT2D eigenvalue weighted by molar-refractivity contribution is 6.58. The van der Waals surface area contributed by atoms with E-state index in [1.165, 1.54) is 0 Å². The predicted octanol–water partition coefficient (Wildman–Crippen LogP) is 3.49. The van der Waals surface area contributed by atoms with Gasteiger partial charge in [0.15, 0.2) is 0 Å². The summed E-state index contributed by atoms with van der Waals surface area (Å²) in [4.78, 5) is 0. The quantitative estimate of drug-likeness (QED) is 0.626. The highest BCUT2D eigenvalue weighted by Gasteiger charge is 1.70. The molecule has 0 N–H and O–H groups in total. The molecule has 9 heavy (non-hydrogen) atoms. The van der Waals surface area contributed by atoms with Crippen LogP contribution in [0.3, 0.4) is 0 Å². The Balaban J connectivity index is -0.0000000286. The molecule has 0 amide bonds. The summed E-state index contributed by atoms with van der Waals surface area (Å²) in [7, 11) is 0. The van der Waals surface area contributed by atoms with Gasteiger partial charge in [-0.2, -0.15) is 0 Å². The lowest BCUT2D eigenvalue weighted by Gasteiger charge is -1.64. The van der Waals surface area contributed by atoms with Gasteiger partial charge >= 0.3 is 0 Å². The van der Waals surface area contributed by atoms with Gasteiger partial charge in [-0.3, -0.25) is 0 Å². The molecule has 1 nitrogen and oxygen atoms in total. The van der Waals surface area contributed by atoms with Gasteiger partial charge in [0.1, 0.15) is 4.49 Å². The van der Waals surface area contributed by atoms with E-state index in [9.17, 15) is 0 Å². The highest BCUT2D eigenvalue weighted by atomic mass is 35.5. The third-order valence-electron chi connectivity index (χ3n) is 0.0825. The molecular weight excluding hydrogens is 227 g/mol. The van der Waals surface area contributed by atoms with Gasteiger partial charge in [-0.1, -0.05) is 34.8 Å². The molecule has 0 atom stereocenters. The second-order valence-corrected chi connectivity index (χ2v) is 1.62. The first-order valence-electron chi connectivity index (χ1n) is 1.14. The summed E-state index contributed by atoms with van der Waals surface area (Å²) in [6.45, 7) is 3.50. The van der Waals surface area contributed by atoms with E-state index < -0.39 is 0 Å². The number of halogens is 5. The first-order chi connectivity index (χ1) is 3.27. The Hall–Kier alpha value is 0.680. The summed E-state index contributed by atoms with van der Waals surface area (Å²) in [5.41, 5.74) is 1.09. The topological polar surface area (TPSA) is 23.8 Å². The van der Waals surface area contributed by atoms with Gasteiger partial charge in [-0.05, 0) is 0 Å². The zero-order valence-electron chi connectivity index (χ0n) is 4.05. The molecule has 0 heterocycles. The Labute approximate surface area is 81.4 Å². The first-order valence-corrected chi connectivity index (χ1v) is 2.34. The van der Waals surface area contributed by atoms with E-state index in [-0.39, 0.29) is 29.3 Å². The highest BCUT2D eigenvalue weighted by Crippen LogP contribution is 2.05. The maximum atomic E-state index is 6.50. The van der Waals surface area contributed by atoms with Crippen LogP contribution in [0.15, 0.2) is 10.0 Å². The molecule has 0 aromatic heterocycles. The average Bonchev–Trinajstić information content (AvgIpc) is 1.73. The first kappa shape index (κ1) is 22.6. The molecule has 0 bridgehead atoms. The molecule has 0 spiro atoms. The third kappa shape index (κ3) is 53.9. The second-order valence-electron chi connectivity index (χ2n) is 0.399. The fraction of sp³-hybridized carbons (Fsp3) is 0. The molecule has 56 valence electrons. The lowest BCUT2D eigenvalue weighted by atomic mass is 11.2. The fourth-order valence-corrected chi connectivity index (χ4v) is 0. The number of rotatable bonds is 0. The van der Waals surface area contributed by atoms with Crippen molar-refractivity contribution in [3.05, 3.63) is 10.0 Å². The van der Waals surface area contributed by atoms with E-state index in [1.807, 2.05) is 0 Å². The summed E-state index contributed by atoms with van der Waals surface area (Å²) in [5.74, 6) is 0. The summed E-state index contributed by atoms with van der Waals surface area (Å²) >= 11 is 14.8. The van der Waals surface area contributed by atoms with Crippen LogP contribution in [-0.4, -0.2) is 0 Å². The van der Waals surface area contributed by atoms with Crippen molar-refractivity contribution in [2.45, 2.75) is 0 Å². The molecular formula is C3H4Cl5N. The van der Waals surface area contributed by atoms with Crippen molar-refractivity contribution in [2.24, 2.45) is 0 Å². The number of hydrogen-bond acceptors (Lipinski definition) is 1. The van der Waals surface area contributed by atoms with Crippen LogP contribution in [0, 0.1) is 11.8 Å². The molecule has 0 aromatic rings. The molecule has 0 radical (unpaired) electrons. The van der Waals surface area contributed by atoms with Crippen LogP contribution >= 0.6 is 59.6 Å². The van der Waals surface area contributed by atoms with Gasteiger partial charge < -0.3 is 0 Å². The van der Waals surface area contributed by atoms with Crippen LogP contribution in [0.2, 0.25) is 0 Å². The SMILES string of the molecule is C#N.Cl.Cl.ClC=C(Cl)Cl. The normalized spacial score (nSPS) is 4.11. The Morgan fingerprint density at radius 2 is 1.33 bits per heavy atom. The molecule has 0 fully saturated rings. The van der Waals surface area contributed by atoms with Crippen molar-refractivity contribution >= 4 is 59.6 Å². The van der Waals surface area contributed by atoms with Gasteiger partial charge in [0.05, 0.1) is 0 Å². The second kappa shape index (κ2) is 23.4. The standard InChI is InChI=1S/C2HCl3.CHN.2ClH/c3-1-2(4)5;1-2;;/h1H;1H;2*1H. The molecule has 0 aromatic carbocycles. The van der Waals surface area contributed by atoms with E-state index in [0.717, 1.165) is 5.54 Å². The van der Waals surface area contributed by atoms with Crippen LogP contribution in [0.4, 0.5) is 0 Å². The smallest absolute Gasteiger partial charge is 0.118 e. The van der Waals surface area contributed by atoms with E-state index in [4.69, 9.17) is 40.1 Å². The summed E-state index contributed by atoms with van der Waals surface area (Å²) in [6.07, 6.45) is 0. The zero-order chi connectivity index (χ0) is 6.28. The van der Waals surface area contributed by atoms with Crippen LogP contribution in [0.1, 0.15) is 0 Å². The zero-order valence-corrected chi connectivity index (χ0v) is 7.95. The molecule has 0 rings (SSSR count). The van der Waals surface area contributed by atoms with Crippen molar-refractivity contribution in [1.82, 2.24) is 0 Å². The largest absolute Gasteiger partial charge is 0.202 e. The lowest BCUT2D eigenvalue weighted by molar-refractivity contribution is 1.58. The molecule has 0 aliphatic heterocycles. The predicted molar refractivity (Wildman–Crippen MR) is 46.8 cm³/mol. The van der Waals surface area contributed by atoms with Crippen LogP contribution in [0.5, 0.6) is 0 Å². The van der Waals surface area contributed by atoms with Crippen LogP contribution in [0.25, 0.3) is 0 Å². The maximum Gasteiger partial charge on any atom is 0.118 e. The van der Waals surface area contributed by atoms with Crippen molar-refractivity contribution < 1.29 is 0 Å². The third-order valence-corrected chi connectivity index (χ3v) is 0.742. The summed E-state index contributed by atoms with van der Waals surface area (Å²) < 4.78 is 0.0895. The molecule has 0 saturated heterocycles. The minimum Gasteiger partial charge on any atom is -0.202 e. The molecule has 6 heteroatoms. The van der Waals surface area contributed by atoms with Gasteiger partial charge in [0, 0.05) is 12.1 Å². The minimum absolute atomic E-state index is 0. The molecule has 0 unspecified atom stereocenters. The minimum atomic E-state index is 0. The van der Waals surface area contributed by atoms with E-state index >= 15 is 0 Å². The number of nitrogens with zero attached hydrogens (tertiary/aromatic N) is 1. The Bertz CT molecular complexity index is 73.5. The van der Waals surface area contributed by atoms with Crippen LogP contribution in [-0.2, 0) is 0 Å². The van der Waals surface area contributed by atoms with E-state index in [1.54, 1.807) is 0 Å². The van der Waals surface area contributed by atoms with Crippen molar-refractivity contribution in [1.29, 1.82) is 5.26 Å². The molecule has 0 saturated carbocycles. The van der Waals surface area contributed by atoms with Gasteiger partial charge in [0.25, 0.3) is 0 Å². The maximum absolute atomic E-state index is 6.50. The Kier molecular flexibility index (Phi) is 58.7. The molecule has 0 aliphatic carbocycles. The van der Waals surface area contributed by atoms with E-state index in [0.29, 0.717) is 0 Å². The monoisotopic (exact) mass is 229 g/mol. The Morgan fingerprint density at radius 3 is 1.33 bits per heavy atom. The molecule has 0 aliphatic rings. The van der Waals surface area contributed by atoms with Gasteiger partial charge in [-0.15, -0.1) is 24.8 Å². The average molecular weight is 231 g/mol. The lowest BCUT2D eigenvalue weighted by Crippen LogP contribution is -1.33. The fourth-order valence-electron chi connectivity index (χ4n) is 0. The van der Waals surface area contributed by atoms with Gasteiger partial charge in [0.2, 0.25) is 0 Å². The Morgan fingerprint density at radius 1 is 1.22 bits per heavy atom. The van der Waals surface area contributed by atoms with Crippen molar-refractivity contribution in [3.63, 3.8) is 0 Å². The number of nitriles is 1. The summed E-state index contributed by atoms with van der Waals surface area (Å²) in [5, 5.41) is 6.50. The van der Waals surface area contributed by atoms with Crippen LogP contribution < -0.4 is 0 Å². The van der Waals surface area contributed by atoms with E-state index in [2.05, 4.69) is 6.57 Å². The van der Waals surface area contributed by atoms with Crippen molar-refractivity contribution in [2.75, 3.05) is 0 Å². The summed E-state index contributed by atoms with van der Waals surface area (Å²) in [6, 6.07) is 0. The number of hydrogen-bond donors (Lipinski definition) is 0. The van der Waals surface area contributed by atoms with Gasteiger partial charge in [-0.25, -0.2) is 5.26 Å².